The zero-order chi connectivity index (χ0) is 10.2. The van der Waals surface area contributed by atoms with Gasteiger partial charge in [-0.05, 0) is 32.1 Å². The predicted octanol–water partition coefficient (Wildman–Crippen LogP) is 1.45. The lowest BCUT2D eigenvalue weighted by Gasteiger charge is -2.03. The Morgan fingerprint density at radius 2 is 2.07 bits per heavy atom. The second-order valence-corrected chi connectivity index (χ2v) is 2.96. The van der Waals surface area contributed by atoms with E-state index in [9.17, 15) is 4.79 Å². The molecule has 1 rings (SSSR count). The molecule has 0 saturated heterocycles. The highest BCUT2D eigenvalue weighted by Crippen LogP contribution is 2.00. The molecule has 1 aromatic carbocycles. The molecule has 76 valence electrons. The first-order valence-electron chi connectivity index (χ1n) is 4.71. The van der Waals surface area contributed by atoms with E-state index in [1.807, 2.05) is 25.2 Å². The van der Waals surface area contributed by atoms with Gasteiger partial charge < -0.3 is 10.1 Å². The summed E-state index contributed by atoms with van der Waals surface area (Å²) in [5, 5.41) is 2.99. The molecule has 1 N–H and O–H groups in total. The summed E-state index contributed by atoms with van der Waals surface area (Å²) in [7, 11) is 1.87. The van der Waals surface area contributed by atoms with Crippen molar-refractivity contribution in [2.45, 2.75) is 6.42 Å². The minimum atomic E-state index is -0.248. The van der Waals surface area contributed by atoms with Gasteiger partial charge in [0.05, 0.1) is 12.2 Å². The van der Waals surface area contributed by atoms with E-state index in [1.165, 1.54) is 0 Å². The molecular formula is C11H15NO2. The number of hydrogen-bond donors (Lipinski definition) is 1. The molecule has 0 fully saturated rings. The fourth-order valence-corrected chi connectivity index (χ4v) is 1.07. The van der Waals surface area contributed by atoms with E-state index in [-0.39, 0.29) is 5.97 Å². The zero-order valence-electron chi connectivity index (χ0n) is 8.32. The largest absolute Gasteiger partial charge is 0.462 e. The SMILES string of the molecule is CNCCCOC(=O)c1ccccc1. The normalized spacial score (nSPS) is 9.79. The molecule has 0 spiro atoms. The van der Waals surface area contributed by atoms with Crippen LogP contribution in [0.5, 0.6) is 0 Å². The Labute approximate surface area is 84.1 Å². The van der Waals surface area contributed by atoms with Crippen LogP contribution in [0.25, 0.3) is 0 Å². The molecule has 0 saturated carbocycles. The van der Waals surface area contributed by atoms with E-state index in [1.54, 1.807) is 12.1 Å². The molecule has 0 atom stereocenters. The van der Waals surface area contributed by atoms with Crippen molar-refractivity contribution in [1.29, 1.82) is 0 Å². The van der Waals surface area contributed by atoms with Gasteiger partial charge in [-0.25, -0.2) is 4.79 Å². The Kier molecular flexibility index (Phi) is 4.72. The van der Waals surface area contributed by atoms with Gasteiger partial charge in [-0.15, -0.1) is 0 Å². The highest BCUT2D eigenvalue weighted by atomic mass is 16.5. The van der Waals surface area contributed by atoms with Gasteiger partial charge in [-0.1, -0.05) is 18.2 Å². The molecule has 0 aliphatic heterocycles. The van der Waals surface area contributed by atoms with Crippen LogP contribution in [0.3, 0.4) is 0 Å². The van der Waals surface area contributed by atoms with Crippen molar-refractivity contribution in [1.82, 2.24) is 5.32 Å². The van der Waals surface area contributed by atoms with Crippen molar-refractivity contribution in [2.75, 3.05) is 20.2 Å². The van der Waals surface area contributed by atoms with Crippen molar-refractivity contribution in [3.05, 3.63) is 35.9 Å². The van der Waals surface area contributed by atoms with Crippen LogP contribution in [-0.4, -0.2) is 26.2 Å². The van der Waals surface area contributed by atoms with Gasteiger partial charge in [0.25, 0.3) is 0 Å². The summed E-state index contributed by atoms with van der Waals surface area (Å²) in [5.41, 5.74) is 0.608. The number of hydrogen-bond acceptors (Lipinski definition) is 3. The Bertz CT molecular complexity index is 272. The topological polar surface area (TPSA) is 38.3 Å². The van der Waals surface area contributed by atoms with Gasteiger partial charge in [0.1, 0.15) is 0 Å². The van der Waals surface area contributed by atoms with Crippen molar-refractivity contribution in [3.63, 3.8) is 0 Å². The minimum Gasteiger partial charge on any atom is -0.462 e. The van der Waals surface area contributed by atoms with Crippen LogP contribution in [0.1, 0.15) is 16.8 Å². The Morgan fingerprint density at radius 1 is 1.36 bits per heavy atom. The van der Waals surface area contributed by atoms with E-state index in [0.29, 0.717) is 12.2 Å². The van der Waals surface area contributed by atoms with Crippen molar-refractivity contribution in [3.8, 4) is 0 Å². The van der Waals surface area contributed by atoms with Crippen molar-refractivity contribution in [2.24, 2.45) is 0 Å². The first-order chi connectivity index (χ1) is 6.84. The maximum atomic E-state index is 11.4. The monoisotopic (exact) mass is 193 g/mol. The van der Waals surface area contributed by atoms with E-state index in [0.717, 1.165) is 13.0 Å². The van der Waals surface area contributed by atoms with E-state index >= 15 is 0 Å². The summed E-state index contributed by atoms with van der Waals surface area (Å²) in [6.45, 7) is 1.33. The van der Waals surface area contributed by atoms with E-state index in [4.69, 9.17) is 4.74 Å². The third-order valence-electron chi connectivity index (χ3n) is 1.81. The number of benzene rings is 1. The Balaban J connectivity index is 2.29. The van der Waals surface area contributed by atoms with Crippen LogP contribution >= 0.6 is 0 Å². The van der Waals surface area contributed by atoms with Crippen LogP contribution in [-0.2, 0) is 4.74 Å². The second-order valence-electron chi connectivity index (χ2n) is 2.96. The quantitative estimate of drug-likeness (QED) is 0.568. The molecule has 0 amide bonds. The third-order valence-corrected chi connectivity index (χ3v) is 1.81. The van der Waals surface area contributed by atoms with Gasteiger partial charge in [-0.3, -0.25) is 0 Å². The zero-order valence-corrected chi connectivity index (χ0v) is 8.32. The number of nitrogens with one attached hydrogen (secondary N) is 1. The van der Waals surface area contributed by atoms with Gasteiger partial charge >= 0.3 is 5.97 Å². The smallest absolute Gasteiger partial charge is 0.338 e. The fraction of sp³-hybridized carbons (Fsp3) is 0.364. The molecule has 3 nitrogen and oxygen atoms in total. The van der Waals surface area contributed by atoms with Crippen LogP contribution in [0.2, 0.25) is 0 Å². The van der Waals surface area contributed by atoms with Crippen molar-refractivity contribution < 1.29 is 9.53 Å². The lowest BCUT2D eigenvalue weighted by Crippen LogP contribution is -2.13. The maximum absolute atomic E-state index is 11.4. The number of carbonyl (C=O) groups excluding carboxylic acids is 1. The maximum Gasteiger partial charge on any atom is 0.338 e. The molecule has 14 heavy (non-hydrogen) atoms. The fourth-order valence-electron chi connectivity index (χ4n) is 1.07. The Hall–Kier alpha value is -1.35. The first-order valence-corrected chi connectivity index (χ1v) is 4.71. The molecule has 0 unspecified atom stereocenters. The minimum absolute atomic E-state index is 0.248. The van der Waals surface area contributed by atoms with Crippen LogP contribution in [0, 0.1) is 0 Å². The molecule has 0 aliphatic carbocycles. The molecule has 1 aromatic rings. The summed E-state index contributed by atoms with van der Waals surface area (Å²) < 4.78 is 5.05. The summed E-state index contributed by atoms with van der Waals surface area (Å²) in [4.78, 5) is 11.4. The molecule has 0 heterocycles. The predicted molar refractivity (Wildman–Crippen MR) is 55.3 cm³/mol. The molecule has 0 radical (unpaired) electrons. The summed E-state index contributed by atoms with van der Waals surface area (Å²) in [5.74, 6) is -0.248. The average molecular weight is 193 g/mol. The van der Waals surface area contributed by atoms with E-state index in [2.05, 4.69) is 5.32 Å². The number of rotatable bonds is 5. The Morgan fingerprint density at radius 3 is 2.71 bits per heavy atom. The first kappa shape index (κ1) is 10.7. The van der Waals surface area contributed by atoms with E-state index < -0.39 is 0 Å². The highest BCUT2D eigenvalue weighted by molar-refractivity contribution is 5.89. The number of carbonyl (C=O) groups is 1. The van der Waals surface area contributed by atoms with Crippen LogP contribution < -0.4 is 5.32 Å². The summed E-state index contributed by atoms with van der Waals surface area (Å²) in [6, 6.07) is 9.02. The average Bonchev–Trinajstić information content (AvgIpc) is 2.25. The lowest BCUT2D eigenvalue weighted by atomic mass is 10.2. The summed E-state index contributed by atoms with van der Waals surface area (Å²) in [6.07, 6.45) is 0.842. The van der Waals surface area contributed by atoms with Crippen LogP contribution in [0.4, 0.5) is 0 Å². The molecule has 0 aromatic heterocycles. The van der Waals surface area contributed by atoms with Gasteiger partial charge in [0.15, 0.2) is 0 Å². The van der Waals surface area contributed by atoms with Gasteiger partial charge in [0, 0.05) is 0 Å². The highest BCUT2D eigenvalue weighted by Gasteiger charge is 2.04. The van der Waals surface area contributed by atoms with Gasteiger partial charge in [-0.2, -0.15) is 0 Å². The van der Waals surface area contributed by atoms with Gasteiger partial charge in [0.2, 0.25) is 0 Å². The van der Waals surface area contributed by atoms with Crippen molar-refractivity contribution >= 4 is 5.97 Å². The number of esters is 1. The van der Waals surface area contributed by atoms with Crippen LogP contribution in [0.15, 0.2) is 30.3 Å². The summed E-state index contributed by atoms with van der Waals surface area (Å²) >= 11 is 0. The molecule has 3 heteroatoms. The second kappa shape index (κ2) is 6.16. The standard InChI is InChI=1S/C11H15NO2/c1-12-8-5-9-14-11(13)10-6-3-2-4-7-10/h2-4,6-7,12H,5,8-9H2,1H3. The lowest BCUT2D eigenvalue weighted by molar-refractivity contribution is 0.0501. The number of ether oxygens (including phenoxy) is 1. The molecular weight excluding hydrogens is 178 g/mol. The third kappa shape index (κ3) is 3.58. The molecule has 0 bridgehead atoms. The molecule has 0 aliphatic rings.